The molecule has 1 unspecified atom stereocenters. The highest BCUT2D eigenvalue weighted by Gasteiger charge is 2.31. The summed E-state index contributed by atoms with van der Waals surface area (Å²) in [4.78, 5) is 2.64. The van der Waals surface area contributed by atoms with Crippen molar-refractivity contribution in [3.63, 3.8) is 0 Å². The van der Waals surface area contributed by atoms with E-state index in [9.17, 15) is 0 Å². The number of nitrogens with zero attached hydrogens (tertiary/aromatic N) is 1. The van der Waals surface area contributed by atoms with Gasteiger partial charge in [-0.3, -0.25) is 0 Å². The standard InChI is InChI=1S/C18H30N2/c1-6-15(7-2)20-13-17(18(3,4)5)19-12-14-10-8-9-11-16(14)20/h8-11,15,17,19H,6-7,12-13H2,1-5H3. The number of fused-ring (bicyclic) bond motifs is 1. The van der Waals surface area contributed by atoms with Crippen molar-refractivity contribution in [3.8, 4) is 0 Å². The molecule has 1 N–H and O–H groups in total. The Labute approximate surface area is 124 Å². The van der Waals surface area contributed by atoms with Gasteiger partial charge in [-0.15, -0.1) is 0 Å². The first-order valence-electron chi connectivity index (χ1n) is 8.05. The third-order valence-electron chi connectivity index (χ3n) is 4.65. The Morgan fingerprint density at radius 3 is 2.45 bits per heavy atom. The van der Waals surface area contributed by atoms with Gasteiger partial charge in [-0.25, -0.2) is 0 Å². The molecule has 1 aromatic carbocycles. The molecule has 1 aliphatic rings. The van der Waals surface area contributed by atoms with Crippen molar-refractivity contribution in [2.24, 2.45) is 5.41 Å². The predicted octanol–water partition coefficient (Wildman–Crippen LogP) is 4.20. The number of anilines is 1. The summed E-state index contributed by atoms with van der Waals surface area (Å²) >= 11 is 0. The van der Waals surface area contributed by atoms with E-state index in [0.29, 0.717) is 12.1 Å². The molecule has 0 fully saturated rings. The number of hydrogen-bond acceptors (Lipinski definition) is 2. The average Bonchev–Trinajstić information content (AvgIpc) is 2.60. The van der Waals surface area contributed by atoms with E-state index in [2.05, 4.69) is 69.1 Å². The van der Waals surface area contributed by atoms with E-state index in [1.54, 1.807) is 0 Å². The van der Waals surface area contributed by atoms with E-state index < -0.39 is 0 Å². The van der Waals surface area contributed by atoms with E-state index in [4.69, 9.17) is 0 Å². The second-order valence-electron chi connectivity index (χ2n) is 7.05. The molecule has 0 saturated heterocycles. The van der Waals surface area contributed by atoms with Gasteiger partial charge >= 0.3 is 0 Å². The Bertz CT molecular complexity index is 429. The highest BCUT2D eigenvalue weighted by atomic mass is 15.2. The summed E-state index contributed by atoms with van der Waals surface area (Å²) < 4.78 is 0. The Kier molecular flexibility index (Phi) is 4.74. The first kappa shape index (κ1) is 15.4. The fourth-order valence-corrected chi connectivity index (χ4v) is 3.19. The van der Waals surface area contributed by atoms with Crippen LogP contribution in [-0.2, 0) is 6.54 Å². The van der Waals surface area contributed by atoms with Gasteiger partial charge in [-0.2, -0.15) is 0 Å². The van der Waals surface area contributed by atoms with Crippen LogP contribution in [0.5, 0.6) is 0 Å². The lowest BCUT2D eigenvalue weighted by Gasteiger charge is -2.38. The average molecular weight is 274 g/mol. The van der Waals surface area contributed by atoms with Gasteiger partial charge in [0.1, 0.15) is 0 Å². The zero-order chi connectivity index (χ0) is 14.8. The summed E-state index contributed by atoms with van der Waals surface area (Å²) in [5.41, 5.74) is 3.15. The monoisotopic (exact) mass is 274 g/mol. The van der Waals surface area contributed by atoms with Crippen LogP contribution in [0.3, 0.4) is 0 Å². The van der Waals surface area contributed by atoms with Gasteiger partial charge in [0.25, 0.3) is 0 Å². The smallest absolute Gasteiger partial charge is 0.0414 e. The SMILES string of the molecule is CCC(CC)N1CC(C(C)(C)C)NCc2ccccc21. The molecule has 0 bridgehead atoms. The maximum atomic E-state index is 3.77. The van der Waals surface area contributed by atoms with Gasteiger partial charge in [0, 0.05) is 30.9 Å². The first-order valence-corrected chi connectivity index (χ1v) is 8.05. The summed E-state index contributed by atoms with van der Waals surface area (Å²) in [7, 11) is 0. The second kappa shape index (κ2) is 6.17. The van der Waals surface area contributed by atoms with Crippen LogP contribution in [0.15, 0.2) is 24.3 Å². The molecule has 1 aromatic rings. The third kappa shape index (κ3) is 3.17. The van der Waals surface area contributed by atoms with E-state index in [0.717, 1.165) is 13.1 Å². The van der Waals surface area contributed by atoms with Crippen LogP contribution in [0.4, 0.5) is 5.69 Å². The molecule has 1 heterocycles. The number of nitrogens with one attached hydrogen (secondary N) is 1. The molecule has 2 heteroatoms. The zero-order valence-corrected chi connectivity index (χ0v) is 13.7. The molecule has 0 saturated carbocycles. The number of hydrogen-bond donors (Lipinski definition) is 1. The molecule has 1 atom stereocenters. The lowest BCUT2D eigenvalue weighted by molar-refractivity contribution is 0.267. The summed E-state index contributed by atoms with van der Waals surface area (Å²) in [6.07, 6.45) is 2.42. The van der Waals surface area contributed by atoms with Crippen molar-refractivity contribution in [2.45, 2.75) is 66.1 Å². The Hall–Kier alpha value is -1.02. The van der Waals surface area contributed by atoms with Gasteiger partial charge < -0.3 is 10.2 Å². The van der Waals surface area contributed by atoms with Crippen LogP contribution >= 0.6 is 0 Å². The van der Waals surface area contributed by atoms with Crippen LogP contribution in [0.1, 0.15) is 53.0 Å². The van der Waals surface area contributed by atoms with Crippen LogP contribution < -0.4 is 10.2 Å². The Morgan fingerprint density at radius 2 is 1.85 bits per heavy atom. The summed E-state index contributed by atoms with van der Waals surface area (Å²) in [6, 6.07) is 10.1. The highest BCUT2D eigenvalue weighted by Crippen LogP contribution is 2.31. The van der Waals surface area contributed by atoms with Crippen LogP contribution in [-0.4, -0.2) is 18.6 Å². The molecule has 2 rings (SSSR count). The molecule has 0 aliphatic carbocycles. The molecule has 0 radical (unpaired) electrons. The van der Waals surface area contributed by atoms with Crippen molar-refractivity contribution in [3.05, 3.63) is 29.8 Å². The van der Waals surface area contributed by atoms with Gasteiger partial charge in [0.2, 0.25) is 0 Å². The van der Waals surface area contributed by atoms with Gasteiger partial charge in [-0.05, 0) is 29.9 Å². The lowest BCUT2D eigenvalue weighted by Crippen LogP contribution is -2.49. The van der Waals surface area contributed by atoms with E-state index >= 15 is 0 Å². The van der Waals surface area contributed by atoms with E-state index in [1.165, 1.54) is 24.1 Å². The van der Waals surface area contributed by atoms with Crippen molar-refractivity contribution in [1.82, 2.24) is 5.32 Å². The molecular formula is C18H30N2. The molecule has 1 aliphatic heterocycles. The van der Waals surface area contributed by atoms with Crippen LogP contribution in [0, 0.1) is 5.41 Å². The molecule has 2 nitrogen and oxygen atoms in total. The number of para-hydroxylation sites is 1. The quantitative estimate of drug-likeness (QED) is 0.888. The normalized spacial score (nSPS) is 19.9. The summed E-state index contributed by atoms with van der Waals surface area (Å²) in [5.74, 6) is 0. The van der Waals surface area contributed by atoms with Gasteiger partial charge in [0.15, 0.2) is 0 Å². The molecule has 0 amide bonds. The minimum Gasteiger partial charge on any atom is -0.367 e. The minimum atomic E-state index is 0.284. The van der Waals surface area contributed by atoms with E-state index in [-0.39, 0.29) is 5.41 Å². The van der Waals surface area contributed by atoms with Crippen LogP contribution in [0.25, 0.3) is 0 Å². The van der Waals surface area contributed by atoms with Crippen molar-refractivity contribution >= 4 is 5.69 Å². The Morgan fingerprint density at radius 1 is 1.20 bits per heavy atom. The maximum absolute atomic E-state index is 3.77. The number of rotatable bonds is 3. The van der Waals surface area contributed by atoms with Crippen molar-refractivity contribution in [2.75, 3.05) is 11.4 Å². The lowest BCUT2D eigenvalue weighted by atomic mass is 9.86. The molecule has 0 spiro atoms. The van der Waals surface area contributed by atoms with Gasteiger partial charge in [0.05, 0.1) is 0 Å². The first-order chi connectivity index (χ1) is 9.47. The largest absolute Gasteiger partial charge is 0.367 e. The number of benzene rings is 1. The molecular weight excluding hydrogens is 244 g/mol. The van der Waals surface area contributed by atoms with Crippen molar-refractivity contribution in [1.29, 1.82) is 0 Å². The predicted molar refractivity (Wildman–Crippen MR) is 88.2 cm³/mol. The van der Waals surface area contributed by atoms with E-state index in [1.807, 2.05) is 0 Å². The highest BCUT2D eigenvalue weighted by molar-refractivity contribution is 5.55. The molecule has 112 valence electrons. The summed E-state index contributed by atoms with van der Waals surface area (Å²) in [5, 5.41) is 3.77. The Balaban J connectivity index is 2.37. The topological polar surface area (TPSA) is 15.3 Å². The fourth-order valence-electron chi connectivity index (χ4n) is 3.19. The molecule has 20 heavy (non-hydrogen) atoms. The van der Waals surface area contributed by atoms with Crippen molar-refractivity contribution < 1.29 is 0 Å². The zero-order valence-electron chi connectivity index (χ0n) is 13.7. The maximum Gasteiger partial charge on any atom is 0.0414 e. The van der Waals surface area contributed by atoms with Gasteiger partial charge in [-0.1, -0.05) is 52.8 Å². The fraction of sp³-hybridized carbons (Fsp3) is 0.667. The second-order valence-corrected chi connectivity index (χ2v) is 7.05. The minimum absolute atomic E-state index is 0.284. The summed E-state index contributed by atoms with van der Waals surface area (Å²) in [6.45, 7) is 13.7. The molecule has 0 aromatic heterocycles. The third-order valence-corrected chi connectivity index (χ3v) is 4.65. The van der Waals surface area contributed by atoms with Crippen LogP contribution in [0.2, 0.25) is 0 Å².